The van der Waals surface area contributed by atoms with Gasteiger partial charge in [0.2, 0.25) is 0 Å². The number of pyridine rings is 1. The Morgan fingerprint density at radius 1 is 1.50 bits per heavy atom. The number of alkyl halides is 1. The van der Waals surface area contributed by atoms with Crippen LogP contribution >= 0.6 is 23.4 Å². The van der Waals surface area contributed by atoms with E-state index in [1.807, 2.05) is 24.2 Å². The van der Waals surface area contributed by atoms with Gasteiger partial charge in [-0.15, -0.1) is 11.6 Å². The molecule has 0 aliphatic heterocycles. The minimum atomic E-state index is 0.632. The highest BCUT2D eigenvalue weighted by Gasteiger charge is 2.02. The van der Waals surface area contributed by atoms with Gasteiger partial charge in [-0.2, -0.15) is 11.8 Å². The number of aryl methyl sites for hydroxylation is 1. The zero-order valence-electron chi connectivity index (χ0n) is 8.66. The predicted octanol–water partition coefficient (Wildman–Crippen LogP) is 3.64. The second-order valence-corrected chi connectivity index (χ2v) is 5.27. The quantitative estimate of drug-likeness (QED) is 0.715. The van der Waals surface area contributed by atoms with Crippen molar-refractivity contribution in [2.45, 2.75) is 31.3 Å². The van der Waals surface area contributed by atoms with Gasteiger partial charge in [-0.05, 0) is 24.5 Å². The van der Waals surface area contributed by atoms with Crippen LogP contribution in [0.25, 0.3) is 0 Å². The number of thioether (sulfide) groups is 1. The molecule has 14 heavy (non-hydrogen) atoms. The zero-order chi connectivity index (χ0) is 10.4. The molecule has 0 fully saturated rings. The maximum Gasteiger partial charge on any atom is 0.0308 e. The lowest BCUT2D eigenvalue weighted by atomic mass is 10.2. The molecule has 3 heteroatoms. The van der Waals surface area contributed by atoms with Gasteiger partial charge in [-0.25, -0.2) is 0 Å². The highest BCUT2D eigenvalue weighted by molar-refractivity contribution is 7.99. The van der Waals surface area contributed by atoms with E-state index in [1.165, 1.54) is 11.1 Å². The predicted molar refractivity (Wildman–Crippen MR) is 65.1 cm³/mol. The fraction of sp³-hybridized carbons (Fsp3) is 0.545. The van der Waals surface area contributed by atoms with Crippen molar-refractivity contribution >= 4 is 23.4 Å². The highest BCUT2D eigenvalue weighted by Crippen LogP contribution is 2.20. The first-order valence-electron chi connectivity index (χ1n) is 4.80. The number of aromatic nitrogens is 1. The summed E-state index contributed by atoms with van der Waals surface area (Å²) in [6.07, 6.45) is 4.90. The molecule has 0 bridgehead atoms. The molecule has 0 aromatic carbocycles. The van der Waals surface area contributed by atoms with Crippen molar-refractivity contribution in [3.05, 3.63) is 29.6 Å². The van der Waals surface area contributed by atoms with Crippen LogP contribution in [0.1, 0.15) is 24.5 Å². The van der Waals surface area contributed by atoms with E-state index < -0.39 is 0 Å². The molecular weight excluding hydrogens is 214 g/mol. The number of hydrogen-bond acceptors (Lipinski definition) is 2. The summed E-state index contributed by atoms with van der Waals surface area (Å²) in [5.74, 6) is 1.78. The fourth-order valence-electron chi connectivity index (χ4n) is 1.17. The van der Waals surface area contributed by atoms with Crippen LogP contribution in [-0.4, -0.2) is 16.1 Å². The molecule has 1 aromatic heterocycles. The van der Waals surface area contributed by atoms with E-state index in [4.69, 9.17) is 11.6 Å². The smallest absolute Gasteiger partial charge is 0.0308 e. The average molecular weight is 230 g/mol. The fourth-order valence-corrected chi connectivity index (χ4v) is 2.55. The van der Waals surface area contributed by atoms with Gasteiger partial charge in [-0.1, -0.05) is 13.0 Å². The van der Waals surface area contributed by atoms with Gasteiger partial charge in [0.1, 0.15) is 0 Å². The van der Waals surface area contributed by atoms with Crippen molar-refractivity contribution < 1.29 is 0 Å². The number of rotatable bonds is 5. The number of hydrogen-bond donors (Lipinski definition) is 0. The van der Waals surface area contributed by atoms with E-state index in [9.17, 15) is 0 Å². The lowest BCUT2D eigenvalue weighted by Gasteiger charge is -2.08. The van der Waals surface area contributed by atoms with Crippen LogP contribution < -0.4 is 0 Å². The Bertz CT molecular complexity index is 278. The molecule has 78 valence electrons. The van der Waals surface area contributed by atoms with Crippen LogP contribution in [0.3, 0.4) is 0 Å². The van der Waals surface area contributed by atoms with Crippen LogP contribution in [0.15, 0.2) is 18.5 Å². The van der Waals surface area contributed by atoms with Crippen LogP contribution in [0.5, 0.6) is 0 Å². The van der Waals surface area contributed by atoms with Crippen molar-refractivity contribution in [1.29, 1.82) is 0 Å². The van der Waals surface area contributed by atoms with Gasteiger partial charge >= 0.3 is 0 Å². The minimum Gasteiger partial charge on any atom is -0.264 e. The monoisotopic (exact) mass is 229 g/mol. The SMILES string of the molecule is Cc1cncc(CSC(C)CCCl)c1. The summed E-state index contributed by atoms with van der Waals surface area (Å²) in [6.45, 7) is 4.29. The largest absolute Gasteiger partial charge is 0.264 e. The van der Waals surface area contributed by atoms with Gasteiger partial charge < -0.3 is 0 Å². The molecule has 0 spiro atoms. The van der Waals surface area contributed by atoms with Crippen molar-refractivity contribution in [1.82, 2.24) is 4.98 Å². The molecular formula is C11H16ClNS. The third-order valence-corrected chi connectivity index (χ3v) is 3.50. The summed E-state index contributed by atoms with van der Waals surface area (Å²) in [5.41, 5.74) is 2.53. The summed E-state index contributed by atoms with van der Waals surface area (Å²) < 4.78 is 0. The van der Waals surface area contributed by atoms with Crippen molar-refractivity contribution in [2.75, 3.05) is 5.88 Å². The maximum absolute atomic E-state index is 5.68. The van der Waals surface area contributed by atoms with E-state index in [1.54, 1.807) is 0 Å². The molecule has 0 aliphatic rings. The standard InChI is InChI=1S/C11H16ClNS/c1-9-5-11(7-13-6-9)8-14-10(2)3-4-12/h5-7,10H,3-4,8H2,1-2H3. The van der Waals surface area contributed by atoms with E-state index >= 15 is 0 Å². The lowest BCUT2D eigenvalue weighted by molar-refractivity contribution is 0.911. The third-order valence-electron chi connectivity index (χ3n) is 1.98. The Labute approximate surface area is 95.3 Å². The summed E-state index contributed by atoms with van der Waals surface area (Å²) in [4.78, 5) is 4.17. The Morgan fingerprint density at radius 3 is 2.93 bits per heavy atom. The Balaban J connectivity index is 2.37. The van der Waals surface area contributed by atoms with Crippen LogP contribution in [0.2, 0.25) is 0 Å². The topological polar surface area (TPSA) is 12.9 Å². The summed E-state index contributed by atoms with van der Waals surface area (Å²) >= 11 is 7.62. The zero-order valence-corrected chi connectivity index (χ0v) is 10.2. The molecule has 1 unspecified atom stereocenters. The molecule has 0 saturated heterocycles. The average Bonchev–Trinajstić information content (AvgIpc) is 2.15. The first-order chi connectivity index (χ1) is 6.72. The molecule has 0 saturated carbocycles. The van der Waals surface area contributed by atoms with Gasteiger partial charge in [0.15, 0.2) is 0 Å². The second kappa shape index (κ2) is 6.31. The minimum absolute atomic E-state index is 0.632. The van der Waals surface area contributed by atoms with Crippen molar-refractivity contribution in [2.24, 2.45) is 0 Å². The van der Waals surface area contributed by atoms with Gasteiger partial charge in [0, 0.05) is 29.3 Å². The normalized spacial score (nSPS) is 12.8. The van der Waals surface area contributed by atoms with Gasteiger partial charge in [-0.3, -0.25) is 4.98 Å². The van der Waals surface area contributed by atoms with E-state index in [0.717, 1.165) is 18.1 Å². The molecule has 1 rings (SSSR count). The number of nitrogens with zero attached hydrogens (tertiary/aromatic N) is 1. The van der Waals surface area contributed by atoms with Crippen molar-refractivity contribution in [3.63, 3.8) is 0 Å². The Kier molecular flexibility index (Phi) is 5.34. The van der Waals surface area contributed by atoms with Gasteiger partial charge in [0.05, 0.1) is 0 Å². The Hall–Kier alpha value is -0.210. The molecule has 1 atom stereocenters. The molecule has 1 aromatic rings. The highest BCUT2D eigenvalue weighted by atomic mass is 35.5. The van der Waals surface area contributed by atoms with Gasteiger partial charge in [0.25, 0.3) is 0 Å². The number of halogens is 1. The molecule has 0 amide bonds. The maximum atomic E-state index is 5.68. The van der Waals surface area contributed by atoms with E-state index in [-0.39, 0.29) is 0 Å². The second-order valence-electron chi connectivity index (χ2n) is 3.47. The summed E-state index contributed by atoms with van der Waals surface area (Å²) in [6, 6.07) is 2.19. The van der Waals surface area contributed by atoms with Crippen molar-refractivity contribution in [3.8, 4) is 0 Å². The van der Waals surface area contributed by atoms with E-state index in [0.29, 0.717) is 5.25 Å². The van der Waals surface area contributed by atoms with Crippen LogP contribution in [0, 0.1) is 6.92 Å². The first kappa shape index (κ1) is 11.9. The molecule has 0 aliphatic carbocycles. The van der Waals surface area contributed by atoms with Crippen LogP contribution in [-0.2, 0) is 5.75 Å². The third kappa shape index (κ3) is 4.34. The molecule has 1 heterocycles. The molecule has 0 radical (unpaired) electrons. The summed E-state index contributed by atoms with van der Waals surface area (Å²) in [7, 11) is 0. The Morgan fingerprint density at radius 2 is 2.29 bits per heavy atom. The molecule has 1 nitrogen and oxygen atoms in total. The lowest BCUT2D eigenvalue weighted by Crippen LogP contribution is -1.97. The summed E-state index contributed by atoms with van der Waals surface area (Å²) in [5, 5.41) is 0.632. The first-order valence-corrected chi connectivity index (χ1v) is 6.39. The van der Waals surface area contributed by atoms with Crippen LogP contribution in [0.4, 0.5) is 0 Å². The molecule has 0 N–H and O–H groups in total. The van der Waals surface area contributed by atoms with E-state index in [2.05, 4.69) is 24.9 Å².